The molecule has 0 atom stereocenters. The lowest BCUT2D eigenvalue weighted by atomic mass is 9.95. The highest BCUT2D eigenvalue weighted by Gasteiger charge is 2.17. The van der Waals surface area contributed by atoms with E-state index in [1.165, 1.54) is 38.2 Å². The van der Waals surface area contributed by atoms with Gasteiger partial charge in [0, 0.05) is 6.04 Å². The Morgan fingerprint density at radius 2 is 1.47 bits per heavy atom. The molecule has 0 bridgehead atoms. The molecular weight excluding hydrogens is 396 g/mol. The minimum absolute atomic E-state index is 0.186. The van der Waals surface area contributed by atoms with Gasteiger partial charge in [-0.3, -0.25) is 9.59 Å². The van der Waals surface area contributed by atoms with E-state index in [1.807, 2.05) is 58.9 Å². The van der Waals surface area contributed by atoms with E-state index >= 15 is 0 Å². The molecule has 0 aliphatic rings. The maximum absolute atomic E-state index is 12.1. The summed E-state index contributed by atoms with van der Waals surface area (Å²) in [6.45, 7) is 15.9. The number of Topliss-reactive ketones (excluding diaryl/α,β-unsaturated/α-hetero) is 1. The molecule has 1 N–H and O–H groups in total. The Morgan fingerprint density at radius 3 is 1.84 bits per heavy atom. The van der Waals surface area contributed by atoms with Gasteiger partial charge in [0.25, 0.3) is 5.56 Å². The zero-order chi connectivity index (χ0) is 24.8. The van der Waals surface area contributed by atoms with Crippen molar-refractivity contribution in [3.8, 4) is 11.3 Å². The number of pyridine rings is 1. The summed E-state index contributed by atoms with van der Waals surface area (Å²) in [6, 6.07) is 8.83. The monoisotopic (exact) mass is 442 g/mol. The molecule has 2 aromatic rings. The van der Waals surface area contributed by atoms with E-state index in [0.29, 0.717) is 0 Å². The zero-order valence-electron chi connectivity index (χ0n) is 22.2. The fourth-order valence-corrected chi connectivity index (χ4v) is 3.92. The van der Waals surface area contributed by atoms with Gasteiger partial charge in [-0.1, -0.05) is 77.3 Å². The van der Waals surface area contributed by atoms with Crippen LogP contribution in [0.4, 0.5) is 0 Å². The quantitative estimate of drug-likeness (QED) is 0.449. The van der Waals surface area contributed by atoms with E-state index in [2.05, 4.69) is 37.8 Å². The Morgan fingerprint density at radius 1 is 0.969 bits per heavy atom. The second-order valence-electron chi connectivity index (χ2n) is 8.28. The minimum Gasteiger partial charge on any atom is -0.321 e. The first-order valence-electron chi connectivity index (χ1n) is 12.2. The third kappa shape index (κ3) is 8.74. The van der Waals surface area contributed by atoms with Crippen molar-refractivity contribution in [3.05, 3.63) is 56.9 Å². The van der Waals surface area contributed by atoms with Gasteiger partial charge in [0.05, 0.1) is 11.3 Å². The van der Waals surface area contributed by atoms with E-state index in [9.17, 15) is 9.59 Å². The molecule has 1 aromatic heterocycles. The molecule has 0 radical (unpaired) electrons. The topological polar surface area (TPSA) is 53.2 Å². The van der Waals surface area contributed by atoms with Crippen molar-refractivity contribution in [2.24, 2.45) is 0 Å². The van der Waals surface area contributed by atoms with Crippen molar-refractivity contribution >= 4 is 5.78 Å². The van der Waals surface area contributed by atoms with Crippen molar-refractivity contribution in [3.63, 3.8) is 0 Å². The van der Waals surface area contributed by atoms with Gasteiger partial charge in [-0.05, 0) is 70.8 Å². The molecule has 1 heterocycles. The molecular formula is C28H46N2O2. The summed E-state index contributed by atoms with van der Waals surface area (Å²) in [4.78, 5) is 29.0. The van der Waals surface area contributed by atoms with Crippen molar-refractivity contribution in [1.29, 1.82) is 0 Å². The van der Waals surface area contributed by atoms with Crippen LogP contribution >= 0.6 is 0 Å². The van der Waals surface area contributed by atoms with E-state index in [1.54, 1.807) is 0 Å². The summed E-state index contributed by atoms with van der Waals surface area (Å²) in [5, 5.41) is 0. The Kier molecular flexibility index (Phi) is 14.5. The predicted octanol–water partition coefficient (Wildman–Crippen LogP) is 6.97. The number of aryl methyl sites for hydroxylation is 1. The minimum atomic E-state index is -0.303. The molecule has 0 amide bonds. The molecule has 0 spiro atoms. The predicted molar refractivity (Wildman–Crippen MR) is 140 cm³/mol. The largest absolute Gasteiger partial charge is 0.321 e. The lowest BCUT2D eigenvalue weighted by Gasteiger charge is -2.22. The summed E-state index contributed by atoms with van der Waals surface area (Å²) in [5.74, 6) is -0.186. The molecule has 0 aliphatic carbocycles. The summed E-state index contributed by atoms with van der Waals surface area (Å²) in [6.07, 6.45) is 6.08. The van der Waals surface area contributed by atoms with Crippen LogP contribution < -0.4 is 5.56 Å². The summed E-state index contributed by atoms with van der Waals surface area (Å²) in [7, 11) is 4.35. The number of benzene rings is 1. The Balaban J connectivity index is 0.000000680. The van der Waals surface area contributed by atoms with Gasteiger partial charge >= 0.3 is 0 Å². The highest BCUT2D eigenvalue weighted by molar-refractivity contribution is 5.96. The number of nitrogens with one attached hydrogen (secondary N) is 1. The average Bonchev–Trinajstić information content (AvgIpc) is 2.75. The fraction of sp³-hybridized carbons (Fsp3) is 0.571. The van der Waals surface area contributed by atoms with E-state index in [0.717, 1.165) is 34.8 Å². The van der Waals surface area contributed by atoms with E-state index in [-0.39, 0.29) is 16.9 Å². The number of aromatic nitrogens is 1. The molecule has 0 saturated heterocycles. The number of H-pyrrole nitrogens is 1. The molecule has 4 heteroatoms. The molecule has 1 aromatic carbocycles. The van der Waals surface area contributed by atoms with Gasteiger partial charge in [-0.25, -0.2) is 0 Å². The normalized spacial score (nSPS) is 10.4. The first kappa shape index (κ1) is 29.8. The maximum atomic E-state index is 12.1. The molecule has 2 rings (SSSR count). The number of hydrogen-bond acceptors (Lipinski definition) is 3. The lowest BCUT2D eigenvalue weighted by molar-refractivity contribution is 0.101. The fourth-order valence-electron chi connectivity index (χ4n) is 3.92. The third-order valence-corrected chi connectivity index (χ3v) is 5.61. The van der Waals surface area contributed by atoms with Crippen LogP contribution in [0.5, 0.6) is 0 Å². The van der Waals surface area contributed by atoms with Crippen molar-refractivity contribution in [2.45, 2.75) is 93.5 Å². The van der Waals surface area contributed by atoms with Gasteiger partial charge in [-0.15, -0.1) is 0 Å². The van der Waals surface area contributed by atoms with Crippen molar-refractivity contribution in [1.82, 2.24) is 9.88 Å². The van der Waals surface area contributed by atoms with E-state index < -0.39 is 0 Å². The summed E-state index contributed by atoms with van der Waals surface area (Å²) in [5.41, 5.74) is 4.76. The van der Waals surface area contributed by atoms with Gasteiger partial charge in [0.1, 0.15) is 0 Å². The molecule has 0 fully saturated rings. The first-order valence-corrected chi connectivity index (χ1v) is 12.2. The van der Waals surface area contributed by atoms with Gasteiger partial charge in [0.2, 0.25) is 0 Å². The zero-order valence-corrected chi connectivity index (χ0v) is 22.2. The third-order valence-electron chi connectivity index (χ3n) is 5.61. The number of nitrogens with zero attached hydrogens (tertiary/aromatic N) is 1. The number of carbonyl (C=O) groups excluding carboxylic acids is 1. The average molecular weight is 443 g/mol. The lowest BCUT2D eigenvalue weighted by Crippen LogP contribution is -2.27. The smallest absolute Gasteiger partial charge is 0.259 e. The first-order chi connectivity index (χ1) is 15.2. The van der Waals surface area contributed by atoms with Crippen LogP contribution in [0.3, 0.4) is 0 Å². The van der Waals surface area contributed by atoms with E-state index in [4.69, 9.17) is 0 Å². The summed E-state index contributed by atoms with van der Waals surface area (Å²) < 4.78 is 0. The second-order valence-corrected chi connectivity index (χ2v) is 8.28. The van der Waals surface area contributed by atoms with Gasteiger partial charge in [-0.2, -0.15) is 0 Å². The number of rotatable bonds is 8. The summed E-state index contributed by atoms with van der Waals surface area (Å²) >= 11 is 0. The molecule has 0 saturated carbocycles. The van der Waals surface area contributed by atoms with Crippen LogP contribution in [0.15, 0.2) is 29.1 Å². The van der Waals surface area contributed by atoms with Crippen LogP contribution in [-0.4, -0.2) is 35.8 Å². The highest BCUT2D eigenvalue weighted by atomic mass is 16.1. The number of aromatic amines is 1. The maximum Gasteiger partial charge on any atom is 0.259 e. The highest BCUT2D eigenvalue weighted by Crippen LogP contribution is 2.25. The van der Waals surface area contributed by atoms with Gasteiger partial charge < -0.3 is 9.88 Å². The second kappa shape index (κ2) is 15.6. The number of ketones is 1. The standard InChI is InChI=1S/C17H19NO2.C9H21N.C2H6/c1-5-14-11(3)15(12(4)19)17(20)18-16(14)13-8-6-10(2)7-9-13;1-5-7-9(8-6-2)10(3)4;1-2/h6-9H,5H2,1-4H3,(H,18,20);9H,5-8H2,1-4H3;1-2H3. The van der Waals surface area contributed by atoms with Crippen LogP contribution in [0.2, 0.25) is 0 Å². The number of carbonyl (C=O) groups is 1. The molecule has 0 aliphatic heterocycles. The van der Waals surface area contributed by atoms with Gasteiger partial charge in [0.15, 0.2) is 5.78 Å². The van der Waals surface area contributed by atoms with Crippen LogP contribution in [-0.2, 0) is 6.42 Å². The van der Waals surface area contributed by atoms with Crippen LogP contribution in [0.25, 0.3) is 11.3 Å². The Bertz CT molecular complexity index is 858. The van der Waals surface area contributed by atoms with Crippen molar-refractivity contribution < 1.29 is 4.79 Å². The molecule has 4 nitrogen and oxygen atoms in total. The Hall–Kier alpha value is -2.20. The molecule has 32 heavy (non-hydrogen) atoms. The Labute approximate surface area is 196 Å². The van der Waals surface area contributed by atoms with Crippen molar-refractivity contribution in [2.75, 3.05) is 14.1 Å². The molecule has 0 unspecified atom stereocenters. The number of hydrogen-bond donors (Lipinski definition) is 1. The molecule has 180 valence electrons. The van der Waals surface area contributed by atoms with Crippen LogP contribution in [0.1, 0.15) is 94.3 Å². The SMILES string of the molecule is CC.CCCC(CCC)N(C)C.CCc1c(-c2ccc(C)cc2)[nH]c(=O)c(C(C)=O)c1C. The van der Waals surface area contributed by atoms with Crippen LogP contribution in [0, 0.1) is 13.8 Å².